The van der Waals surface area contributed by atoms with Crippen molar-refractivity contribution in [3.8, 4) is 17.2 Å². The van der Waals surface area contributed by atoms with Gasteiger partial charge < -0.3 is 25.3 Å². The fourth-order valence-corrected chi connectivity index (χ4v) is 2.43. The molecule has 0 aliphatic carbocycles. The lowest BCUT2D eigenvalue weighted by Crippen LogP contribution is -2.24. The number of nitrogens with one attached hydrogen (secondary N) is 1. The second-order valence-electron chi connectivity index (χ2n) is 5.53. The molecule has 0 atom stereocenters. The molecule has 3 N–H and O–H groups in total. The number of hydrogen-bond donors (Lipinski definition) is 2. The molecule has 7 heteroatoms. The summed E-state index contributed by atoms with van der Waals surface area (Å²) in [5.41, 5.74) is 8.86. The number of aliphatic imine (C=N–C) groups is 1. The minimum Gasteiger partial charge on any atom is -0.497 e. The van der Waals surface area contributed by atoms with Crippen LogP contribution in [0.15, 0.2) is 41.4 Å². The van der Waals surface area contributed by atoms with Gasteiger partial charge in [0, 0.05) is 6.07 Å². The minimum absolute atomic E-state index is 0. The molecule has 0 amide bonds. The van der Waals surface area contributed by atoms with Crippen LogP contribution in [0.4, 0.5) is 5.69 Å². The van der Waals surface area contributed by atoms with E-state index >= 15 is 0 Å². The van der Waals surface area contributed by atoms with E-state index in [0.717, 1.165) is 16.9 Å². The molecule has 142 valence electrons. The quantitative estimate of drug-likeness (QED) is 0.279. The smallest absolute Gasteiger partial charge is 0.193 e. The maximum absolute atomic E-state index is 5.95. The number of hydrogen-bond acceptors (Lipinski definition) is 4. The molecule has 0 aliphatic rings. The van der Waals surface area contributed by atoms with E-state index in [1.54, 1.807) is 26.4 Å². The molecular weight excluding hydrogens is 445 g/mol. The van der Waals surface area contributed by atoms with E-state index in [9.17, 15) is 0 Å². The lowest BCUT2D eigenvalue weighted by atomic mass is 10.1. The Morgan fingerprint density at radius 3 is 2.38 bits per heavy atom. The van der Waals surface area contributed by atoms with Gasteiger partial charge >= 0.3 is 0 Å². The van der Waals surface area contributed by atoms with Gasteiger partial charge in [-0.15, -0.1) is 24.0 Å². The molecule has 2 aromatic rings. The number of para-hydroxylation sites is 1. The number of guanidine groups is 1. The van der Waals surface area contributed by atoms with Crippen molar-refractivity contribution in [2.75, 3.05) is 32.7 Å². The number of nitrogens with two attached hydrogens (primary N) is 1. The summed E-state index contributed by atoms with van der Waals surface area (Å²) in [4.78, 5) is 4.29. The molecule has 0 saturated carbocycles. The molecule has 0 unspecified atom stereocenters. The van der Waals surface area contributed by atoms with Crippen molar-refractivity contribution in [2.45, 2.75) is 13.8 Å². The van der Waals surface area contributed by atoms with Gasteiger partial charge in [0.05, 0.1) is 26.5 Å². The van der Waals surface area contributed by atoms with Crippen molar-refractivity contribution >= 4 is 35.6 Å². The van der Waals surface area contributed by atoms with Crippen molar-refractivity contribution in [1.29, 1.82) is 0 Å². The fraction of sp³-hybridized carbons (Fsp3) is 0.316. The van der Waals surface area contributed by atoms with Crippen LogP contribution in [0.5, 0.6) is 17.2 Å². The van der Waals surface area contributed by atoms with Gasteiger partial charge in [0.1, 0.15) is 23.9 Å². The molecule has 0 spiro atoms. The van der Waals surface area contributed by atoms with Gasteiger partial charge in [0.15, 0.2) is 5.96 Å². The van der Waals surface area contributed by atoms with Gasteiger partial charge in [-0.25, -0.2) is 4.99 Å². The lowest BCUT2D eigenvalue weighted by molar-refractivity contribution is 0.324. The van der Waals surface area contributed by atoms with Crippen molar-refractivity contribution < 1.29 is 14.2 Å². The van der Waals surface area contributed by atoms with Gasteiger partial charge in [0.2, 0.25) is 0 Å². The summed E-state index contributed by atoms with van der Waals surface area (Å²) >= 11 is 0. The molecule has 26 heavy (non-hydrogen) atoms. The van der Waals surface area contributed by atoms with Crippen LogP contribution in [0.3, 0.4) is 0 Å². The Labute approximate surface area is 171 Å². The summed E-state index contributed by atoms with van der Waals surface area (Å²) in [6.07, 6.45) is 0. The molecule has 2 rings (SSSR count). The van der Waals surface area contributed by atoms with E-state index in [1.165, 1.54) is 0 Å². The second-order valence-corrected chi connectivity index (χ2v) is 5.53. The SMILES string of the molecule is COc1ccc(OC)c(NC(N)=NCCOc2c(C)cccc2C)c1.I. The first-order valence-electron chi connectivity index (χ1n) is 8.03. The Kier molecular flexibility index (Phi) is 9.04. The van der Waals surface area contributed by atoms with Crippen LogP contribution in [0.2, 0.25) is 0 Å². The summed E-state index contributed by atoms with van der Waals surface area (Å²) in [5.74, 6) is 2.55. The Morgan fingerprint density at radius 1 is 1.08 bits per heavy atom. The number of nitrogens with zero attached hydrogens (tertiary/aromatic N) is 1. The average molecular weight is 471 g/mol. The Bertz CT molecular complexity index is 731. The third-order valence-corrected chi connectivity index (χ3v) is 3.70. The standard InChI is InChI=1S/C19H25N3O3.HI/c1-13-6-5-7-14(2)18(13)25-11-10-21-19(20)22-16-12-15(23-3)8-9-17(16)24-4;/h5-9,12H,10-11H2,1-4H3,(H3,20,21,22);1H. The predicted molar refractivity (Wildman–Crippen MR) is 116 cm³/mol. The van der Waals surface area contributed by atoms with Gasteiger partial charge in [-0.3, -0.25) is 0 Å². The molecule has 6 nitrogen and oxygen atoms in total. The largest absolute Gasteiger partial charge is 0.497 e. The van der Waals surface area contributed by atoms with Crippen molar-refractivity contribution in [1.82, 2.24) is 0 Å². The van der Waals surface area contributed by atoms with Gasteiger partial charge in [-0.1, -0.05) is 18.2 Å². The van der Waals surface area contributed by atoms with Crippen LogP contribution < -0.4 is 25.3 Å². The van der Waals surface area contributed by atoms with Crippen molar-refractivity contribution in [2.24, 2.45) is 10.7 Å². The zero-order chi connectivity index (χ0) is 18.2. The normalized spacial score (nSPS) is 10.7. The second kappa shape index (κ2) is 10.7. The summed E-state index contributed by atoms with van der Waals surface area (Å²) in [7, 11) is 3.20. The van der Waals surface area contributed by atoms with Crippen LogP contribution in [-0.2, 0) is 0 Å². The third kappa shape index (κ3) is 5.98. The van der Waals surface area contributed by atoms with E-state index in [-0.39, 0.29) is 29.9 Å². The van der Waals surface area contributed by atoms with Crippen LogP contribution in [0, 0.1) is 13.8 Å². The van der Waals surface area contributed by atoms with Crippen LogP contribution in [0.25, 0.3) is 0 Å². The summed E-state index contributed by atoms with van der Waals surface area (Å²) in [5, 5.41) is 3.02. The minimum atomic E-state index is 0. The number of anilines is 1. The molecule has 0 fully saturated rings. The van der Waals surface area contributed by atoms with E-state index in [0.29, 0.717) is 30.3 Å². The molecule has 0 saturated heterocycles. The van der Waals surface area contributed by atoms with Crippen LogP contribution in [0.1, 0.15) is 11.1 Å². The van der Waals surface area contributed by atoms with Crippen molar-refractivity contribution in [3.63, 3.8) is 0 Å². The predicted octanol–water partition coefficient (Wildman–Crippen LogP) is 3.74. The first-order chi connectivity index (χ1) is 12.0. The lowest BCUT2D eigenvalue weighted by Gasteiger charge is -2.13. The summed E-state index contributed by atoms with van der Waals surface area (Å²) in [6, 6.07) is 11.5. The molecule has 0 aliphatic heterocycles. The number of benzene rings is 2. The highest BCUT2D eigenvalue weighted by Gasteiger charge is 2.06. The van der Waals surface area contributed by atoms with Crippen LogP contribution in [-0.4, -0.2) is 33.3 Å². The van der Waals surface area contributed by atoms with Gasteiger partial charge in [0.25, 0.3) is 0 Å². The molecule has 2 aromatic carbocycles. The average Bonchev–Trinajstić information content (AvgIpc) is 2.60. The number of aryl methyl sites for hydroxylation is 2. The van der Waals surface area contributed by atoms with Crippen molar-refractivity contribution in [3.05, 3.63) is 47.5 Å². The third-order valence-electron chi connectivity index (χ3n) is 3.70. The molecule has 0 bridgehead atoms. The number of halogens is 1. The highest BCUT2D eigenvalue weighted by Crippen LogP contribution is 2.28. The molecule has 0 radical (unpaired) electrons. The number of rotatable bonds is 7. The molecule has 0 aromatic heterocycles. The summed E-state index contributed by atoms with van der Waals surface area (Å²) < 4.78 is 16.3. The number of ether oxygens (including phenoxy) is 3. The van der Waals surface area contributed by atoms with Crippen LogP contribution >= 0.6 is 24.0 Å². The zero-order valence-corrected chi connectivity index (χ0v) is 17.9. The highest BCUT2D eigenvalue weighted by atomic mass is 127. The Balaban J connectivity index is 0.00000338. The zero-order valence-electron chi connectivity index (χ0n) is 15.5. The number of methoxy groups -OCH3 is 2. The van der Waals surface area contributed by atoms with E-state index < -0.39 is 0 Å². The Hall–Kier alpha value is -2.16. The monoisotopic (exact) mass is 471 g/mol. The highest BCUT2D eigenvalue weighted by molar-refractivity contribution is 14.0. The van der Waals surface area contributed by atoms with Gasteiger partial charge in [-0.2, -0.15) is 0 Å². The van der Waals surface area contributed by atoms with E-state index in [1.807, 2.05) is 38.1 Å². The van der Waals surface area contributed by atoms with E-state index in [2.05, 4.69) is 10.3 Å². The Morgan fingerprint density at radius 2 is 1.77 bits per heavy atom. The fourth-order valence-electron chi connectivity index (χ4n) is 2.43. The molecule has 0 heterocycles. The first kappa shape index (κ1) is 21.9. The van der Waals surface area contributed by atoms with E-state index in [4.69, 9.17) is 19.9 Å². The first-order valence-corrected chi connectivity index (χ1v) is 8.03. The maximum Gasteiger partial charge on any atom is 0.193 e. The van der Waals surface area contributed by atoms with Gasteiger partial charge in [-0.05, 0) is 37.1 Å². The maximum atomic E-state index is 5.95. The summed E-state index contributed by atoms with van der Waals surface area (Å²) in [6.45, 7) is 4.94. The topological polar surface area (TPSA) is 78.1 Å². The molecular formula is C19H26IN3O3.